The molecule has 0 aliphatic heterocycles. The molecule has 1 aromatic carbocycles. The average Bonchev–Trinajstić information content (AvgIpc) is 3.33. The summed E-state index contributed by atoms with van der Waals surface area (Å²) in [6.07, 6.45) is 3.65. The number of carbonyl (C=O) groups excluding carboxylic acids is 2. The Bertz CT molecular complexity index is 779. The largest absolute Gasteiger partial charge is 0.348 e. The van der Waals surface area contributed by atoms with Crippen LogP contribution >= 0.6 is 0 Å². The smallest absolute Gasteiger partial charge is 0.319 e. The van der Waals surface area contributed by atoms with Gasteiger partial charge in [-0.05, 0) is 50.5 Å². The molecule has 0 saturated heterocycles. The molecule has 8 nitrogen and oxygen atoms in total. The fraction of sp³-hybridized carbons (Fsp3) is 0.444. The highest BCUT2D eigenvalue weighted by Crippen LogP contribution is 2.21. The van der Waals surface area contributed by atoms with Crippen LogP contribution < -0.4 is 16.0 Å². The number of urea groups is 1. The quantitative estimate of drug-likeness (QED) is 0.708. The van der Waals surface area contributed by atoms with E-state index in [0.29, 0.717) is 24.3 Å². The number of rotatable bonds is 7. The van der Waals surface area contributed by atoms with Crippen molar-refractivity contribution < 1.29 is 9.59 Å². The van der Waals surface area contributed by atoms with Crippen LogP contribution in [0.5, 0.6) is 0 Å². The van der Waals surface area contributed by atoms with Crippen molar-refractivity contribution in [2.45, 2.75) is 45.6 Å². The van der Waals surface area contributed by atoms with E-state index in [9.17, 15) is 9.59 Å². The highest BCUT2D eigenvalue weighted by Gasteiger charge is 2.27. The molecular formula is C18H24N6O2. The van der Waals surface area contributed by atoms with Crippen LogP contribution in [-0.4, -0.2) is 39.5 Å². The molecule has 0 bridgehead atoms. The first-order chi connectivity index (χ1) is 12.6. The Balaban J connectivity index is 1.80. The molecular weight excluding hydrogens is 332 g/mol. The van der Waals surface area contributed by atoms with E-state index in [2.05, 4.69) is 33.2 Å². The second-order valence-electron chi connectivity index (χ2n) is 6.33. The van der Waals surface area contributed by atoms with Crippen molar-refractivity contribution in [2.24, 2.45) is 0 Å². The Kier molecular flexibility index (Phi) is 5.50. The summed E-state index contributed by atoms with van der Waals surface area (Å²) in [5.74, 6) is -0.156. The normalized spacial score (nSPS) is 13.3. The zero-order chi connectivity index (χ0) is 18.5. The first kappa shape index (κ1) is 17.9. The minimum atomic E-state index is -0.244. The summed E-state index contributed by atoms with van der Waals surface area (Å²) in [5.41, 5.74) is 2.68. The predicted octanol–water partition coefficient (Wildman–Crippen LogP) is 2.25. The molecule has 0 unspecified atom stereocenters. The first-order valence-corrected chi connectivity index (χ1v) is 9.03. The third kappa shape index (κ3) is 4.19. The van der Waals surface area contributed by atoms with Crippen LogP contribution in [0.15, 0.2) is 24.3 Å². The Labute approximate surface area is 152 Å². The van der Waals surface area contributed by atoms with Gasteiger partial charge in [0.15, 0.2) is 5.69 Å². The van der Waals surface area contributed by atoms with Crippen LogP contribution in [0, 0.1) is 0 Å². The van der Waals surface area contributed by atoms with Crippen LogP contribution in [0.2, 0.25) is 0 Å². The summed E-state index contributed by atoms with van der Waals surface area (Å²) in [6.45, 7) is 4.48. The van der Waals surface area contributed by atoms with Crippen molar-refractivity contribution in [3.63, 3.8) is 0 Å². The molecule has 2 aromatic rings. The molecule has 1 saturated carbocycles. The van der Waals surface area contributed by atoms with Crippen molar-refractivity contribution in [3.05, 3.63) is 35.7 Å². The summed E-state index contributed by atoms with van der Waals surface area (Å²) in [6, 6.07) is 7.32. The summed E-state index contributed by atoms with van der Waals surface area (Å²) in [7, 11) is 0. The first-order valence-electron chi connectivity index (χ1n) is 9.03. The predicted molar refractivity (Wildman–Crippen MR) is 98.5 cm³/mol. The highest BCUT2D eigenvalue weighted by molar-refractivity contribution is 5.93. The molecule has 1 aliphatic carbocycles. The van der Waals surface area contributed by atoms with Gasteiger partial charge in [-0.15, -0.1) is 5.10 Å². The Morgan fingerprint density at radius 2 is 1.92 bits per heavy atom. The van der Waals surface area contributed by atoms with E-state index in [1.165, 1.54) is 0 Å². The van der Waals surface area contributed by atoms with Crippen molar-refractivity contribution in [1.29, 1.82) is 0 Å². The number of nitrogens with zero attached hydrogens (tertiary/aromatic N) is 3. The van der Waals surface area contributed by atoms with Gasteiger partial charge in [-0.2, -0.15) is 0 Å². The average molecular weight is 356 g/mol. The lowest BCUT2D eigenvalue weighted by atomic mass is 10.2. The van der Waals surface area contributed by atoms with Gasteiger partial charge in [-0.3, -0.25) is 4.79 Å². The lowest BCUT2D eigenvalue weighted by Gasteiger charge is -2.09. The number of hydrogen-bond acceptors (Lipinski definition) is 4. The SMILES string of the molecule is CCCc1c(C(=O)NC2CC2)nnn1-c1ccc(NC(=O)NCC)cc1. The van der Waals surface area contributed by atoms with Crippen molar-refractivity contribution in [3.8, 4) is 5.69 Å². The van der Waals surface area contributed by atoms with Gasteiger partial charge in [0.1, 0.15) is 0 Å². The Morgan fingerprint density at radius 3 is 2.54 bits per heavy atom. The maximum Gasteiger partial charge on any atom is 0.319 e. The molecule has 3 amide bonds. The molecule has 0 radical (unpaired) electrons. The molecule has 0 spiro atoms. The van der Waals surface area contributed by atoms with E-state index >= 15 is 0 Å². The number of anilines is 1. The van der Waals surface area contributed by atoms with Gasteiger partial charge < -0.3 is 16.0 Å². The summed E-state index contributed by atoms with van der Waals surface area (Å²) >= 11 is 0. The highest BCUT2D eigenvalue weighted by atomic mass is 16.2. The third-order valence-corrected chi connectivity index (χ3v) is 4.08. The van der Waals surface area contributed by atoms with Crippen molar-refractivity contribution >= 4 is 17.6 Å². The Hall–Kier alpha value is -2.90. The van der Waals surface area contributed by atoms with Crippen LogP contribution in [0.4, 0.5) is 10.5 Å². The minimum Gasteiger partial charge on any atom is -0.348 e. The van der Waals surface area contributed by atoms with Crippen LogP contribution in [-0.2, 0) is 6.42 Å². The lowest BCUT2D eigenvalue weighted by Crippen LogP contribution is -2.28. The van der Waals surface area contributed by atoms with E-state index in [-0.39, 0.29) is 18.0 Å². The van der Waals surface area contributed by atoms with Gasteiger partial charge in [-0.25, -0.2) is 9.48 Å². The Morgan fingerprint density at radius 1 is 1.19 bits per heavy atom. The van der Waals surface area contributed by atoms with E-state index in [1.807, 2.05) is 19.1 Å². The molecule has 138 valence electrons. The fourth-order valence-electron chi connectivity index (χ4n) is 2.65. The second-order valence-corrected chi connectivity index (χ2v) is 6.33. The molecule has 1 aliphatic rings. The molecule has 1 heterocycles. The standard InChI is InChI=1S/C18H24N6O2/c1-3-5-15-16(17(25)20-12-6-7-12)22-23-24(15)14-10-8-13(9-11-14)21-18(26)19-4-2/h8-12H,3-7H2,1-2H3,(H,20,25)(H2,19,21,26). The molecule has 0 atom stereocenters. The van der Waals surface area contributed by atoms with E-state index < -0.39 is 0 Å². The minimum absolute atomic E-state index is 0.156. The number of benzene rings is 1. The lowest BCUT2D eigenvalue weighted by molar-refractivity contribution is 0.0945. The van der Waals surface area contributed by atoms with Crippen LogP contribution in [0.1, 0.15) is 49.3 Å². The number of carbonyl (C=O) groups is 2. The van der Waals surface area contributed by atoms with Gasteiger partial charge in [0.2, 0.25) is 0 Å². The maximum absolute atomic E-state index is 12.4. The topological polar surface area (TPSA) is 101 Å². The summed E-state index contributed by atoms with van der Waals surface area (Å²) in [4.78, 5) is 24.0. The molecule has 8 heteroatoms. The zero-order valence-corrected chi connectivity index (χ0v) is 15.1. The van der Waals surface area contributed by atoms with Crippen molar-refractivity contribution in [2.75, 3.05) is 11.9 Å². The van der Waals surface area contributed by atoms with Crippen LogP contribution in [0.25, 0.3) is 5.69 Å². The van der Waals surface area contributed by atoms with Gasteiger partial charge in [-0.1, -0.05) is 18.6 Å². The summed E-state index contributed by atoms with van der Waals surface area (Å²) in [5, 5.41) is 16.7. The van der Waals surface area contributed by atoms with E-state index in [4.69, 9.17) is 0 Å². The number of hydrogen-bond donors (Lipinski definition) is 3. The number of nitrogens with one attached hydrogen (secondary N) is 3. The monoisotopic (exact) mass is 356 g/mol. The van der Waals surface area contributed by atoms with Gasteiger partial charge >= 0.3 is 6.03 Å². The van der Waals surface area contributed by atoms with Crippen molar-refractivity contribution in [1.82, 2.24) is 25.6 Å². The van der Waals surface area contributed by atoms with E-state index in [0.717, 1.165) is 30.6 Å². The second kappa shape index (κ2) is 7.99. The molecule has 26 heavy (non-hydrogen) atoms. The fourth-order valence-corrected chi connectivity index (χ4v) is 2.65. The van der Waals surface area contributed by atoms with Crippen LogP contribution in [0.3, 0.4) is 0 Å². The molecule has 3 rings (SSSR count). The number of amides is 3. The molecule has 3 N–H and O–H groups in total. The summed E-state index contributed by atoms with van der Waals surface area (Å²) < 4.78 is 1.70. The van der Waals surface area contributed by atoms with E-state index in [1.54, 1.807) is 16.8 Å². The molecule has 1 fully saturated rings. The number of aromatic nitrogens is 3. The van der Waals surface area contributed by atoms with Gasteiger partial charge in [0, 0.05) is 18.3 Å². The van der Waals surface area contributed by atoms with Gasteiger partial charge in [0.05, 0.1) is 11.4 Å². The maximum atomic E-state index is 12.4. The van der Waals surface area contributed by atoms with Gasteiger partial charge in [0.25, 0.3) is 5.91 Å². The molecule has 1 aromatic heterocycles. The zero-order valence-electron chi connectivity index (χ0n) is 15.1. The third-order valence-electron chi connectivity index (χ3n) is 4.08.